The molecule has 3 rings (SSSR count). The Kier molecular flexibility index (Phi) is 4.35. The number of carbonyl (C=O) groups excluding carboxylic acids is 1. The number of halogens is 2. The number of rotatable bonds is 4. The Bertz CT molecular complexity index is 912. The zero-order valence-electron chi connectivity index (χ0n) is 14.0. The first-order chi connectivity index (χ1) is 11.9. The topological polar surface area (TPSA) is 64.7 Å². The van der Waals surface area contributed by atoms with Gasteiger partial charge in [-0.2, -0.15) is 5.10 Å². The van der Waals surface area contributed by atoms with Crippen molar-refractivity contribution in [1.29, 1.82) is 0 Å². The first-order valence-electron chi connectivity index (χ1n) is 7.61. The van der Waals surface area contributed by atoms with Crippen molar-refractivity contribution in [2.45, 2.75) is 20.3 Å². The van der Waals surface area contributed by atoms with Crippen LogP contribution in [0, 0.1) is 13.8 Å². The molecule has 1 amide bonds. The van der Waals surface area contributed by atoms with E-state index in [0.717, 1.165) is 28.0 Å². The van der Waals surface area contributed by atoms with Crippen LogP contribution in [0.5, 0.6) is 0 Å². The van der Waals surface area contributed by atoms with Crippen LogP contribution in [0.2, 0.25) is 0 Å². The second-order valence-electron chi connectivity index (χ2n) is 5.65. The van der Waals surface area contributed by atoms with Gasteiger partial charge in [0.1, 0.15) is 5.69 Å². The van der Waals surface area contributed by atoms with Crippen LogP contribution >= 0.6 is 0 Å². The molecule has 130 valence electrons. The summed E-state index contributed by atoms with van der Waals surface area (Å²) in [5.41, 5.74) is 2.82. The number of anilines is 1. The van der Waals surface area contributed by atoms with E-state index in [-0.39, 0.29) is 5.56 Å². The molecule has 2 heterocycles. The fourth-order valence-electron chi connectivity index (χ4n) is 2.54. The fourth-order valence-corrected chi connectivity index (χ4v) is 2.54. The molecule has 1 aromatic carbocycles. The molecule has 0 atom stereocenters. The van der Waals surface area contributed by atoms with Gasteiger partial charge in [-0.3, -0.25) is 9.48 Å². The second kappa shape index (κ2) is 6.46. The minimum absolute atomic E-state index is 0.136. The third-order valence-electron chi connectivity index (χ3n) is 4.09. The smallest absolute Gasteiger partial charge is 0.280 e. The number of nitrogens with zero attached hydrogens (tertiary/aromatic N) is 4. The van der Waals surface area contributed by atoms with Gasteiger partial charge in [0.15, 0.2) is 0 Å². The number of imidazole rings is 1. The molecule has 3 aromatic rings. The van der Waals surface area contributed by atoms with Crippen LogP contribution in [0.15, 0.2) is 36.8 Å². The van der Waals surface area contributed by atoms with E-state index in [4.69, 9.17) is 0 Å². The summed E-state index contributed by atoms with van der Waals surface area (Å²) in [6.45, 7) is 3.89. The Morgan fingerprint density at radius 1 is 1.20 bits per heavy atom. The highest BCUT2D eigenvalue weighted by molar-refractivity contribution is 6.05. The van der Waals surface area contributed by atoms with Crippen molar-refractivity contribution >= 4 is 11.6 Å². The molecule has 0 aliphatic carbocycles. The third-order valence-corrected chi connectivity index (χ3v) is 4.09. The highest BCUT2D eigenvalue weighted by atomic mass is 19.3. The van der Waals surface area contributed by atoms with Crippen molar-refractivity contribution < 1.29 is 13.6 Å². The zero-order valence-corrected chi connectivity index (χ0v) is 14.0. The molecule has 25 heavy (non-hydrogen) atoms. The van der Waals surface area contributed by atoms with Crippen LogP contribution in [0.25, 0.3) is 5.69 Å². The van der Waals surface area contributed by atoms with Crippen molar-refractivity contribution in [3.63, 3.8) is 0 Å². The Balaban J connectivity index is 1.80. The molecule has 0 spiro atoms. The number of benzene rings is 1. The van der Waals surface area contributed by atoms with E-state index in [2.05, 4.69) is 15.4 Å². The summed E-state index contributed by atoms with van der Waals surface area (Å²) in [6.07, 6.45) is 0.0918. The van der Waals surface area contributed by atoms with Gasteiger partial charge in [0.2, 0.25) is 0 Å². The monoisotopic (exact) mass is 345 g/mol. The third kappa shape index (κ3) is 3.15. The van der Waals surface area contributed by atoms with E-state index in [1.807, 2.05) is 30.5 Å². The minimum atomic E-state index is -2.77. The lowest BCUT2D eigenvalue weighted by Gasteiger charge is -2.09. The molecule has 0 aliphatic heterocycles. The molecule has 0 unspecified atom stereocenters. The fraction of sp³-hybridized carbons (Fsp3) is 0.235. The van der Waals surface area contributed by atoms with Crippen LogP contribution in [0.1, 0.15) is 33.9 Å². The molecule has 0 aliphatic rings. The van der Waals surface area contributed by atoms with Gasteiger partial charge in [-0.25, -0.2) is 13.8 Å². The Hall–Kier alpha value is -3.03. The minimum Gasteiger partial charge on any atom is -0.322 e. The lowest BCUT2D eigenvalue weighted by atomic mass is 10.2. The van der Waals surface area contributed by atoms with Crippen LogP contribution in [0.4, 0.5) is 14.5 Å². The lowest BCUT2D eigenvalue weighted by Crippen LogP contribution is -2.14. The summed E-state index contributed by atoms with van der Waals surface area (Å²) in [4.78, 5) is 16.5. The van der Waals surface area contributed by atoms with Gasteiger partial charge >= 0.3 is 0 Å². The highest BCUT2D eigenvalue weighted by Gasteiger charge is 2.23. The predicted molar refractivity (Wildman–Crippen MR) is 89.2 cm³/mol. The Labute approximate surface area is 143 Å². The molecule has 6 nitrogen and oxygen atoms in total. The number of carbonyl (C=O) groups is 1. The summed E-state index contributed by atoms with van der Waals surface area (Å²) >= 11 is 0. The molecule has 0 fully saturated rings. The van der Waals surface area contributed by atoms with Crippen molar-refractivity contribution in [2.75, 3.05) is 5.32 Å². The maximum absolute atomic E-state index is 13.1. The zero-order chi connectivity index (χ0) is 18.1. The SMILES string of the molecule is Cc1ncn(-c2ccc(NC(=O)c3cnn(C)c3C(F)F)cc2)c1C. The molecule has 8 heteroatoms. The molecule has 0 saturated heterocycles. The van der Waals surface area contributed by atoms with E-state index < -0.39 is 18.0 Å². The van der Waals surface area contributed by atoms with Gasteiger partial charge in [-0.05, 0) is 38.1 Å². The molecule has 0 radical (unpaired) electrons. The van der Waals surface area contributed by atoms with Crippen molar-refractivity contribution in [3.05, 3.63) is 59.4 Å². The van der Waals surface area contributed by atoms with Crippen molar-refractivity contribution in [1.82, 2.24) is 19.3 Å². The molecule has 0 saturated carbocycles. The van der Waals surface area contributed by atoms with Crippen LogP contribution in [-0.4, -0.2) is 25.2 Å². The number of nitrogens with one attached hydrogen (secondary N) is 1. The van der Waals surface area contributed by atoms with Crippen LogP contribution < -0.4 is 5.32 Å². The number of amides is 1. The average Bonchev–Trinajstić information content (AvgIpc) is 3.12. The molecule has 0 bridgehead atoms. The number of hydrogen-bond acceptors (Lipinski definition) is 3. The van der Waals surface area contributed by atoms with E-state index in [0.29, 0.717) is 5.69 Å². The second-order valence-corrected chi connectivity index (χ2v) is 5.65. The lowest BCUT2D eigenvalue weighted by molar-refractivity contribution is 0.100. The van der Waals surface area contributed by atoms with Gasteiger partial charge in [0, 0.05) is 24.1 Å². The van der Waals surface area contributed by atoms with E-state index in [1.165, 1.54) is 7.05 Å². The van der Waals surface area contributed by atoms with E-state index >= 15 is 0 Å². The van der Waals surface area contributed by atoms with Gasteiger partial charge < -0.3 is 9.88 Å². The Morgan fingerprint density at radius 3 is 2.44 bits per heavy atom. The number of aryl methyl sites for hydroxylation is 2. The van der Waals surface area contributed by atoms with Gasteiger partial charge in [-0.15, -0.1) is 0 Å². The number of alkyl halides is 2. The summed E-state index contributed by atoms with van der Waals surface area (Å²) in [5, 5.41) is 6.35. The first kappa shape index (κ1) is 16.8. The summed E-state index contributed by atoms with van der Waals surface area (Å²) in [6, 6.07) is 7.06. The van der Waals surface area contributed by atoms with Gasteiger partial charge in [0.05, 0.1) is 23.8 Å². The summed E-state index contributed by atoms with van der Waals surface area (Å²) in [5.74, 6) is -0.620. The van der Waals surface area contributed by atoms with Crippen molar-refractivity contribution in [2.24, 2.45) is 7.05 Å². The van der Waals surface area contributed by atoms with Gasteiger partial charge in [-0.1, -0.05) is 0 Å². The maximum Gasteiger partial charge on any atom is 0.280 e. The number of aromatic nitrogens is 4. The highest BCUT2D eigenvalue weighted by Crippen LogP contribution is 2.23. The molecular formula is C17H17F2N5O. The van der Waals surface area contributed by atoms with E-state index in [1.54, 1.807) is 18.5 Å². The Morgan fingerprint density at radius 2 is 1.88 bits per heavy atom. The molecule has 1 N–H and O–H groups in total. The van der Waals surface area contributed by atoms with Crippen LogP contribution in [-0.2, 0) is 7.05 Å². The normalized spacial score (nSPS) is 11.1. The molecular weight excluding hydrogens is 328 g/mol. The quantitative estimate of drug-likeness (QED) is 0.788. The van der Waals surface area contributed by atoms with E-state index in [9.17, 15) is 13.6 Å². The van der Waals surface area contributed by atoms with Gasteiger partial charge in [0.25, 0.3) is 12.3 Å². The summed E-state index contributed by atoms with van der Waals surface area (Å²) in [7, 11) is 1.38. The van der Waals surface area contributed by atoms with Crippen LogP contribution in [0.3, 0.4) is 0 Å². The average molecular weight is 345 g/mol. The first-order valence-corrected chi connectivity index (χ1v) is 7.61. The number of hydrogen-bond donors (Lipinski definition) is 1. The largest absolute Gasteiger partial charge is 0.322 e. The van der Waals surface area contributed by atoms with Crippen molar-refractivity contribution in [3.8, 4) is 5.69 Å². The predicted octanol–water partition coefficient (Wildman–Crippen LogP) is 3.41. The molecule has 2 aromatic heterocycles. The summed E-state index contributed by atoms with van der Waals surface area (Å²) < 4.78 is 29.0. The standard InChI is InChI=1S/C17H17F2N5O/c1-10-11(2)24(9-20-10)13-6-4-12(5-7-13)22-17(25)14-8-21-23(3)15(14)16(18)19/h4-9,16H,1-3H3,(H,22,25). The maximum atomic E-state index is 13.1.